The van der Waals surface area contributed by atoms with Crippen molar-refractivity contribution in [2.24, 2.45) is 11.0 Å². The summed E-state index contributed by atoms with van der Waals surface area (Å²) in [7, 11) is 0. The predicted molar refractivity (Wildman–Crippen MR) is 106 cm³/mol. The van der Waals surface area contributed by atoms with Crippen LogP contribution in [0.1, 0.15) is 32.4 Å². The Morgan fingerprint density at radius 1 is 1.28 bits per heavy atom. The lowest BCUT2D eigenvalue weighted by Crippen LogP contribution is -2.45. The van der Waals surface area contributed by atoms with E-state index in [0.29, 0.717) is 25.6 Å². The van der Waals surface area contributed by atoms with E-state index in [1.165, 1.54) is 4.90 Å². The Hall–Kier alpha value is -2.81. The topological polar surface area (TPSA) is 104 Å². The molecule has 1 unspecified atom stereocenters. The van der Waals surface area contributed by atoms with Gasteiger partial charge in [-0.15, -0.1) is 0 Å². The average Bonchev–Trinajstić information content (AvgIpc) is 2.86. The number of carbonyl (C=O) groups excluding carboxylic acids is 3. The molecule has 0 aliphatic carbocycles. The summed E-state index contributed by atoms with van der Waals surface area (Å²) >= 11 is 0. The van der Waals surface area contributed by atoms with E-state index in [9.17, 15) is 14.4 Å². The van der Waals surface area contributed by atoms with Crippen molar-refractivity contribution < 1.29 is 19.1 Å². The Bertz CT molecular complexity index is 780. The highest BCUT2D eigenvalue weighted by Crippen LogP contribution is 2.14. The first-order valence-corrected chi connectivity index (χ1v) is 9.86. The van der Waals surface area contributed by atoms with E-state index in [-0.39, 0.29) is 55.5 Å². The van der Waals surface area contributed by atoms with Gasteiger partial charge in [-0.1, -0.05) is 19.9 Å². The molecule has 2 aliphatic heterocycles. The minimum Gasteiger partial charge on any atom is -0.368 e. The van der Waals surface area contributed by atoms with Gasteiger partial charge in [0.1, 0.15) is 12.3 Å². The molecule has 9 nitrogen and oxygen atoms in total. The molecule has 1 aromatic rings. The van der Waals surface area contributed by atoms with Crippen molar-refractivity contribution in [3.8, 4) is 0 Å². The lowest BCUT2D eigenvalue weighted by atomic mass is 10.1. The maximum atomic E-state index is 12.9. The second-order valence-electron chi connectivity index (χ2n) is 7.73. The first-order chi connectivity index (χ1) is 13.9. The summed E-state index contributed by atoms with van der Waals surface area (Å²) in [6.07, 6.45) is 1.84. The van der Waals surface area contributed by atoms with Crippen LogP contribution in [0.15, 0.2) is 29.5 Å². The third kappa shape index (κ3) is 5.83. The van der Waals surface area contributed by atoms with Crippen molar-refractivity contribution in [1.29, 1.82) is 0 Å². The molecule has 2 aliphatic rings. The van der Waals surface area contributed by atoms with Crippen LogP contribution in [0, 0.1) is 5.92 Å². The minimum atomic E-state index is -0.343. The summed E-state index contributed by atoms with van der Waals surface area (Å²) in [5.41, 5.74) is 3.39. The summed E-state index contributed by atoms with van der Waals surface area (Å²) in [5, 5.41) is 3.88. The fourth-order valence-electron chi connectivity index (χ4n) is 3.35. The largest absolute Gasteiger partial charge is 0.368 e. The Morgan fingerprint density at radius 3 is 2.76 bits per heavy atom. The number of aromatic nitrogens is 1. The first kappa shape index (κ1) is 20.9. The summed E-state index contributed by atoms with van der Waals surface area (Å²) in [6, 6.07) is 5.59. The lowest BCUT2D eigenvalue weighted by molar-refractivity contribution is -0.136. The maximum Gasteiger partial charge on any atom is 0.270 e. The number of hydrogen-bond donors (Lipinski definition) is 1. The molecule has 1 saturated heterocycles. The van der Waals surface area contributed by atoms with E-state index in [1.54, 1.807) is 11.1 Å². The van der Waals surface area contributed by atoms with Crippen LogP contribution >= 0.6 is 0 Å². The highest BCUT2D eigenvalue weighted by atomic mass is 16.5. The standard InChI is InChI=1S/C20H27N5O4/c1-14(2)9-24-10-16(29-13-15-5-3-4-8-21-15)11-25(12-19(24)27)20(28)17-6-7-18(26)23-22-17/h3-5,8,14,16H,6-7,9-13H2,1-2H3,(H,23,26). The fourth-order valence-corrected chi connectivity index (χ4v) is 3.35. The molecule has 3 rings (SSSR count). The van der Waals surface area contributed by atoms with Gasteiger partial charge in [0.15, 0.2) is 0 Å². The van der Waals surface area contributed by atoms with Crippen molar-refractivity contribution in [3.05, 3.63) is 30.1 Å². The number of nitrogens with one attached hydrogen (secondary N) is 1. The second-order valence-corrected chi connectivity index (χ2v) is 7.73. The van der Waals surface area contributed by atoms with Gasteiger partial charge in [0.25, 0.3) is 5.91 Å². The van der Waals surface area contributed by atoms with Crippen LogP contribution in [0.25, 0.3) is 0 Å². The van der Waals surface area contributed by atoms with Crippen molar-refractivity contribution in [3.63, 3.8) is 0 Å². The molecule has 1 N–H and O–H groups in total. The van der Waals surface area contributed by atoms with E-state index < -0.39 is 0 Å². The number of pyridine rings is 1. The highest BCUT2D eigenvalue weighted by molar-refractivity contribution is 6.39. The molecule has 0 saturated carbocycles. The molecule has 0 bridgehead atoms. The zero-order chi connectivity index (χ0) is 20.8. The first-order valence-electron chi connectivity index (χ1n) is 9.86. The zero-order valence-corrected chi connectivity index (χ0v) is 16.8. The van der Waals surface area contributed by atoms with E-state index in [0.717, 1.165) is 5.69 Å². The van der Waals surface area contributed by atoms with Gasteiger partial charge in [0, 0.05) is 38.7 Å². The van der Waals surface area contributed by atoms with Crippen molar-refractivity contribution in [1.82, 2.24) is 20.2 Å². The quantitative estimate of drug-likeness (QED) is 0.750. The van der Waals surface area contributed by atoms with Crippen molar-refractivity contribution in [2.45, 2.75) is 39.4 Å². The SMILES string of the molecule is CC(C)CN1CC(OCc2ccccn2)CN(C(=O)C2=NNC(=O)CC2)CC1=O. The van der Waals surface area contributed by atoms with Gasteiger partial charge in [0.2, 0.25) is 11.8 Å². The van der Waals surface area contributed by atoms with Gasteiger partial charge in [-0.3, -0.25) is 19.4 Å². The van der Waals surface area contributed by atoms with Crippen LogP contribution in [0.2, 0.25) is 0 Å². The molecular formula is C20H27N5O4. The summed E-state index contributed by atoms with van der Waals surface area (Å²) in [4.78, 5) is 44.5. The Balaban J connectivity index is 1.73. The predicted octanol–water partition coefficient (Wildman–Crippen LogP) is 0.560. The molecule has 29 heavy (non-hydrogen) atoms. The summed E-state index contributed by atoms with van der Waals surface area (Å²) in [5.74, 6) is -0.364. The molecule has 1 atom stereocenters. The number of ether oxygens (including phenoxy) is 1. The van der Waals surface area contributed by atoms with Crippen LogP contribution in [0.4, 0.5) is 0 Å². The van der Waals surface area contributed by atoms with Gasteiger partial charge >= 0.3 is 0 Å². The molecule has 0 radical (unpaired) electrons. The number of carbonyl (C=O) groups is 3. The Kier molecular flexibility index (Phi) is 6.92. The van der Waals surface area contributed by atoms with Crippen LogP contribution < -0.4 is 5.43 Å². The molecule has 9 heteroatoms. The smallest absolute Gasteiger partial charge is 0.270 e. The summed E-state index contributed by atoms with van der Waals surface area (Å²) < 4.78 is 6.03. The van der Waals surface area contributed by atoms with Crippen LogP contribution in [0.5, 0.6) is 0 Å². The van der Waals surface area contributed by atoms with Gasteiger partial charge in [-0.25, -0.2) is 5.43 Å². The molecular weight excluding hydrogens is 374 g/mol. The van der Waals surface area contributed by atoms with Crippen molar-refractivity contribution in [2.75, 3.05) is 26.2 Å². The Morgan fingerprint density at radius 2 is 2.10 bits per heavy atom. The van der Waals surface area contributed by atoms with Crippen LogP contribution in [-0.4, -0.2) is 70.5 Å². The Labute approximate surface area is 170 Å². The minimum absolute atomic E-state index is 0.0258. The lowest BCUT2D eigenvalue weighted by Gasteiger charge is -2.26. The fraction of sp³-hybridized carbons (Fsp3) is 0.550. The molecule has 1 fully saturated rings. The average molecular weight is 401 g/mol. The normalized spacial score (nSPS) is 20.4. The number of hydrogen-bond acceptors (Lipinski definition) is 6. The van der Waals surface area contributed by atoms with Gasteiger partial charge < -0.3 is 14.5 Å². The van der Waals surface area contributed by atoms with E-state index in [1.807, 2.05) is 32.0 Å². The number of amides is 3. The maximum absolute atomic E-state index is 12.9. The van der Waals surface area contributed by atoms with Gasteiger partial charge in [-0.05, 0) is 18.1 Å². The van der Waals surface area contributed by atoms with Gasteiger partial charge in [0.05, 0.1) is 18.4 Å². The van der Waals surface area contributed by atoms with Crippen LogP contribution in [-0.2, 0) is 25.7 Å². The molecule has 3 amide bonds. The zero-order valence-electron chi connectivity index (χ0n) is 16.8. The van der Waals surface area contributed by atoms with Crippen LogP contribution in [0.3, 0.4) is 0 Å². The molecule has 0 spiro atoms. The van der Waals surface area contributed by atoms with Crippen molar-refractivity contribution >= 4 is 23.4 Å². The number of hydrazone groups is 1. The molecule has 0 aromatic carbocycles. The van der Waals surface area contributed by atoms with Gasteiger partial charge in [-0.2, -0.15) is 5.10 Å². The highest BCUT2D eigenvalue weighted by Gasteiger charge is 2.33. The van der Waals surface area contributed by atoms with E-state index in [4.69, 9.17) is 4.74 Å². The third-order valence-corrected chi connectivity index (χ3v) is 4.74. The molecule has 156 valence electrons. The van der Waals surface area contributed by atoms with E-state index in [2.05, 4.69) is 15.5 Å². The number of rotatable bonds is 6. The summed E-state index contributed by atoms with van der Waals surface area (Å²) in [6.45, 7) is 5.65. The second kappa shape index (κ2) is 9.60. The third-order valence-electron chi connectivity index (χ3n) is 4.74. The molecule has 1 aromatic heterocycles. The molecule has 3 heterocycles. The number of nitrogens with zero attached hydrogens (tertiary/aromatic N) is 4. The monoisotopic (exact) mass is 401 g/mol. The van der Waals surface area contributed by atoms with E-state index >= 15 is 0 Å².